The molecule has 0 aliphatic rings. The molecule has 0 saturated carbocycles. The van der Waals surface area contributed by atoms with Crippen LogP contribution in [0.1, 0.15) is 37.0 Å². The van der Waals surface area contributed by atoms with E-state index in [0.29, 0.717) is 11.4 Å². The number of hydrogen-bond acceptors (Lipinski definition) is 3. The Morgan fingerprint density at radius 1 is 1.62 bits per heavy atom. The SMILES string of the molecule is CC(C)(C)C(=O)c1cc(C#N)[nH]n1. The van der Waals surface area contributed by atoms with E-state index < -0.39 is 5.41 Å². The van der Waals surface area contributed by atoms with Gasteiger partial charge in [-0.05, 0) is 0 Å². The van der Waals surface area contributed by atoms with Crippen molar-refractivity contribution in [1.29, 1.82) is 5.26 Å². The van der Waals surface area contributed by atoms with Crippen LogP contribution >= 0.6 is 0 Å². The minimum Gasteiger partial charge on any atom is -0.292 e. The summed E-state index contributed by atoms with van der Waals surface area (Å²) in [4.78, 5) is 11.6. The number of rotatable bonds is 1. The number of carbonyl (C=O) groups is 1. The summed E-state index contributed by atoms with van der Waals surface area (Å²) in [6, 6.07) is 3.35. The lowest BCUT2D eigenvalue weighted by Gasteiger charge is -2.13. The van der Waals surface area contributed by atoms with Gasteiger partial charge in [-0.2, -0.15) is 10.4 Å². The van der Waals surface area contributed by atoms with Crippen LogP contribution in [0.5, 0.6) is 0 Å². The molecule has 0 amide bonds. The van der Waals surface area contributed by atoms with Crippen molar-refractivity contribution in [1.82, 2.24) is 10.2 Å². The zero-order chi connectivity index (χ0) is 10.1. The fourth-order valence-electron chi connectivity index (χ4n) is 0.880. The Morgan fingerprint density at radius 3 is 2.62 bits per heavy atom. The highest BCUT2D eigenvalue weighted by Gasteiger charge is 2.24. The number of aromatic nitrogens is 2. The van der Waals surface area contributed by atoms with Crippen LogP contribution < -0.4 is 0 Å². The van der Waals surface area contributed by atoms with E-state index in [1.165, 1.54) is 6.07 Å². The predicted molar refractivity (Wildman–Crippen MR) is 47.1 cm³/mol. The molecular formula is C9H11N3O. The highest BCUT2D eigenvalue weighted by molar-refractivity contribution is 5.98. The second kappa shape index (κ2) is 3.02. The Kier molecular flexibility index (Phi) is 2.20. The van der Waals surface area contributed by atoms with E-state index in [2.05, 4.69) is 10.2 Å². The molecule has 4 nitrogen and oxygen atoms in total. The molecule has 68 valence electrons. The summed E-state index contributed by atoms with van der Waals surface area (Å²) < 4.78 is 0. The molecule has 4 heteroatoms. The Hall–Kier alpha value is -1.63. The van der Waals surface area contributed by atoms with Crippen molar-refractivity contribution in [2.45, 2.75) is 20.8 Å². The molecule has 0 spiro atoms. The fourth-order valence-corrected chi connectivity index (χ4v) is 0.880. The Morgan fingerprint density at radius 2 is 2.23 bits per heavy atom. The Balaban J connectivity index is 2.98. The molecule has 0 aliphatic heterocycles. The van der Waals surface area contributed by atoms with Crippen molar-refractivity contribution >= 4 is 5.78 Å². The van der Waals surface area contributed by atoms with Crippen molar-refractivity contribution < 1.29 is 4.79 Å². The average Bonchev–Trinajstić information content (AvgIpc) is 2.48. The minimum atomic E-state index is -0.456. The summed E-state index contributed by atoms with van der Waals surface area (Å²) in [5, 5.41) is 14.7. The molecule has 0 saturated heterocycles. The lowest BCUT2D eigenvalue weighted by atomic mass is 9.89. The lowest BCUT2D eigenvalue weighted by Crippen LogP contribution is -2.20. The number of carbonyl (C=O) groups excluding carboxylic acids is 1. The topological polar surface area (TPSA) is 69.5 Å². The van der Waals surface area contributed by atoms with Gasteiger partial charge in [-0.3, -0.25) is 9.89 Å². The first-order valence-corrected chi connectivity index (χ1v) is 3.95. The van der Waals surface area contributed by atoms with Crippen molar-refractivity contribution in [3.05, 3.63) is 17.5 Å². The van der Waals surface area contributed by atoms with E-state index in [0.717, 1.165) is 0 Å². The first-order valence-electron chi connectivity index (χ1n) is 3.95. The highest BCUT2D eigenvalue weighted by atomic mass is 16.1. The quantitative estimate of drug-likeness (QED) is 0.661. The molecule has 1 heterocycles. The number of nitrogens with one attached hydrogen (secondary N) is 1. The fraction of sp³-hybridized carbons (Fsp3) is 0.444. The molecule has 0 atom stereocenters. The average molecular weight is 177 g/mol. The van der Waals surface area contributed by atoms with Crippen molar-refractivity contribution in [3.63, 3.8) is 0 Å². The molecule has 0 bridgehead atoms. The summed E-state index contributed by atoms with van der Waals surface area (Å²) in [6.45, 7) is 5.45. The number of aromatic amines is 1. The molecule has 0 radical (unpaired) electrons. The van der Waals surface area contributed by atoms with Crippen molar-refractivity contribution in [2.24, 2.45) is 5.41 Å². The number of H-pyrrole nitrogens is 1. The molecule has 0 unspecified atom stereocenters. The number of nitrogens with zero attached hydrogens (tertiary/aromatic N) is 2. The Labute approximate surface area is 76.6 Å². The first kappa shape index (κ1) is 9.46. The summed E-state index contributed by atoms with van der Waals surface area (Å²) in [5.74, 6) is -0.0646. The van der Waals surface area contributed by atoms with Gasteiger partial charge >= 0.3 is 0 Å². The van der Waals surface area contributed by atoms with E-state index >= 15 is 0 Å². The maximum atomic E-state index is 11.6. The lowest BCUT2D eigenvalue weighted by molar-refractivity contribution is 0.0853. The van der Waals surface area contributed by atoms with Gasteiger partial charge in [-0.1, -0.05) is 20.8 Å². The number of Topliss-reactive ketones (excluding diaryl/α,β-unsaturated/α-hetero) is 1. The van der Waals surface area contributed by atoms with Crippen molar-refractivity contribution in [2.75, 3.05) is 0 Å². The smallest absolute Gasteiger partial charge is 0.188 e. The maximum absolute atomic E-state index is 11.6. The van der Waals surface area contributed by atoms with E-state index in [-0.39, 0.29) is 5.78 Å². The number of hydrogen-bond donors (Lipinski definition) is 1. The van der Waals surface area contributed by atoms with E-state index in [4.69, 9.17) is 5.26 Å². The van der Waals surface area contributed by atoms with Crippen molar-refractivity contribution in [3.8, 4) is 6.07 Å². The molecule has 0 fully saturated rings. The third-order valence-corrected chi connectivity index (χ3v) is 1.61. The summed E-state index contributed by atoms with van der Waals surface area (Å²) >= 11 is 0. The summed E-state index contributed by atoms with van der Waals surface area (Å²) in [5.41, 5.74) is 0.179. The number of nitriles is 1. The van der Waals surface area contributed by atoms with E-state index in [1.807, 2.05) is 26.8 Å². The largest absolute Gasteiger partial charge is 0.292 e. The van der Waals surface area contributed by atoms with Gasteiger partial charge in [0.1, 0.15) is 17.5 Å². The van der Waals surface area contributed by atoms with Crippen LogP contribution in [0.4, 0.5) is 0 Å². The Bertz CT molecular complexity index is 365. The molecule has 1 N–H and O–H groups in total. The monoisotopic (exact) mass is 177 g/mol. The standard InChI is InChI=1S/C9H11N3O/c1-9(2,3)8(13)7-4-6(5-10)11-12-7/h4H,1-3H3,(H,11,12). The van der Waals surface area contributed by atoms with Crippen LogP contribution in [-0.2, 0) is 0 Å². The highest BCUT2D eigenvalue weighted by Crippen LogP contribution is 2.19. The molecule has 1 aromatic rings. The summed E-state index contributed by atoms with van der Waals surface area (Å²) in [7, 11) is 0. The van der Waals surface area contributed by atoms with Crippen LogP contribution in [0.15, 0.2) is 6.07 Å². The predicted octanol–water partition coefficient (Wildman–Crippen LogP) is 1.51. The van der Waals surface area contributed by atoms with Gasteiger partial charge in [0, 0.05) is 11.5 Å². The number of ketones is 1. The van der Waals surface area contributed by atoms with E-state index in [1.54, 1.807) is 0 Å². The van der Waals surface area contributed by atoms with Gasteiger partial charge < -0.3 is 0 Å². The first-order chi connectivity index (χ1) is 5.95. The van der Waals surface area contributed by atoms with Gasteiger partial charge in [0.25, 0.3) is 0 Å². The zero-order valence-corrected chi connectivity index (χ0v) is 7.88. The van der Waals surface area contributed by atoms with Gasteiger partial charge in [-0.15, -0.1) is 0 Å². The van der Waals surface area contributed by atoms with Crippen LogP contribution in [0.3, 0.4) is 0 Å². The van der Waals surface area contributed by atoms with Gasteiger partial charge in [0.05, 0.1) is 0 Å². The van der Waals surface area contributed by atoms with Gasteiger partial charge in [0.2, 0.25) is 0 Å². The second-order valence-electron chi connectivity index (χ2n) is 3.86. The van der Waals surface area contributed by atoms with Gasteiger partial charge in [0.15, 0.2) is 5.78 Å². The zero-order valence-electron chi connectivity index (χ0n) is 7.88. The molecule has 1 aromatic heterocycles. The molecule has 0 aliphatic carbocycles. The van der Waals surface area contributed by atoms with E-state index in [9.17, 15) is 4.79 Å². The molecule has 1 rings (SSSR count). The minimum absolute atomic E-state index is 0.0646. The maximum Gasteiger partial charge on any atom is 0.188 e. The molecule has 0 aromatic carbocycles. The van der Waals surface area contributed by atoms with Crippen LogP contribution in [0.25, 0.3) is 0 Å². The third-order valence-electron chi connectivity index (χ3n) is 1.61. The van der Waals surface area contributed by atoms with Crippen LogP contribution in [-0.4, -0.2) is 16.0 Å². The summed E-state index contributed by atoms with van der Waals surface area (Å²) in [6.07, 6.45) is 0. The molecular weight excluding hydrogens is 166 g/mol. The molecule has 13 heavy (non-hydrogen) atoms. The third kappa shape index (κ3) is 1.94. The van der Waals surface area contributed by atoms with Crippen LogP contribution in [0, 0.1) is 16.7 Å². The van der Waals surface area contributed by atoms with Gasteiger partial charge in [-0.25, -0.2) is 0 Å². The van der Waals surface area contributed by atoms with Crippen LogP contribution in [0.2, 0.25) is 0 Å². The normalized spacial score (nSPS) is 10.9. The second-order valence-corrected chi connectivity index (χ2v) is 3.86.